The lowest BCUT2D eigenvalue weighted by atomic mass is 10.3. The van der Waals surface area contributed by atoms with Gasteiger partial charge in [-0.25, -0.2) is 9.97 Å². The van der Waals surface area contributed by atoms with Crippen LogP contribution in [-0.4, -0.2) is 19.7 Å². The average Bonchev–Trinajstić information content (AvgIpc) is 2.79. The van der Waals surface area contributed by atoms with Gasteiger partial charge in [-0.3, -0.25) is 4.68 Å². The Morgan fingerprint density at radius 3 is 2.60 bits per heavy atom. The van der Waals surface area contributed by atoms with Crippen molar-refractivity contribution in [2.24, 2.45) is 7.05 Å². The van der Waals surface area contributed by atoms with Crippen LogP contribution >= 0.6 is 31.9 Å². The molecule has 0 atom stereocenters. The van der Waals surface area contributed by atoms with Crippen LogP contribution in [0.15, 0.2) is 33.6 Å². The minimum atomic E-state index is 0.657. The van der Waals surface area contributed by atoms with Crippen LogP contribution < -0.4 is 11.1 Å². The number of aryl methyl sites for hydroxylation is 1. The summed E-state index contributed by atoms with van der Waals surface area (Å²) in [6.07, 6.45) is 3.24. The van der Waals surface area contributed by atoms with Gasteiger partial charge in [-0.1, -0.05) is 0 Å². The average molecular weight is 398 g/mol. The number of benzene rings is 1. The zero-order valence-electron chi connectivity index (χ0n) is 10.4. The summed E-state index contributed by atoms with van der Waals surface area (Å²) in [4.78, 5) is 8.46. The molecule has 3 aromatic rings. The number of aromatic nitrogens is 4. The smallest absolute Gasteiger partial charge is 0.163 e. The first-order valence-corrected chi connectivity index (χ1v) is 7.29. The molecule has 0 fully saturated rings. The van der Waals surface area contributed by atoms with Crippen molar-refractivity contribution >= 4 is 60.1 Å². The van der Waals surface area contributed by atoms with Crippen LogP contribution in [0, 0.1) is 0 Å². The maximum atomic E-state index is 5.88. The zero-order valence-corrected chi connectivity index (χ0v) is 13.6. The van der Waals surface area contributed by atoms with Gasteiger partial charge in [-0.2, -0.15) is 5.10 Å². The molecule has 0 saturated heterocycles. The van der Waals surface area contributed by atoms with Crippen molar-refractivity contribution in [1.29, 1.82) is 0 Å². The van der Waals surface area contributed by atoms with E-state index in [1.54, 1.807) is 10.9 Å². The van der Waals surface area contributed by atoms with Crippen LogP contribution in [0.1, 0.15) is 0 Å². The molecule has 0 unspecified atom stereocenters. The van der Waals surface area contributed by atoms with Crippen molar-refractivity contribution in [2.45, 2.75) is 0 Å². The van der Waals surface area contributed by atoms with E-state index in [0.29, 0.717) is 11.5 Å². The van der Waals surface area contributed by atoms with Crippen molar-refractivity contribution in [3.63, 3.8) is 0 Å². The molecule has 102 valence electrons. The fourth-order valence-electron chi connectivity index (χ4n) is 1.85. The van der Waals surface area contributed by atoms with Gasteiger partial charge in [0.2, 0.25) is 0 Å². The first-order chi connectivity index (χ1) is 9.56. The number of hydrogen-bond donors (Lipinski definition) is 2. The molecule has 8 heteroatoms. The predicted octanol–water partition coefficient (Wildman–Crippen LogP) is 3.21. The van der Waals surface area contributed by atoms with E-state index in [1.807, 2.05) is 19.2 Å². The second-order valence-electron chi connectivity index (χ2n) is 4.21. The topological polar surface area (TPSA) is 81.7 Å². The molecule has 0 saturated carbocycles. The fraction of sp³-hybridized carbons (Fsp3) is 0.0833. The standard InChI is InChI=1S/C12H10Br2N6/c1-20-12-7(4-18-20)11(16-5-17-12)19-6-2-8(13)10(15)9(14)3-6/h2-5H,15H2,1H3,(H,16,17,19). The fourth-order valence-corrected chi connectivity index (χ4v) is 3.04. The lowest BCUT2D eigenvalue weighted by Crippen LogP contribution is -1.98. The van der Waals surface area contributed by atoms with Gasteiger partial charge >= 0.3 is 0 Å². The van der Waals surface area contributed by atoms with Gasteiger partial charge in [0.15, 0.2) is 5.65 Å². The molecular weight excluding hydrogens is 388 g/mol. The summed E-state index contributed by atoms with van der Waals surface area (Å²) in [5.41, 5.74) is 8.17. The number of hydrogen-bond acceptors (Lipinski definition) is 5. The van der Waals surface area contributed by atoms with Crippen molar-refractivity contribution in [2.75, 3.05) is 11.1 Å². The van der Waals surface area contributed by atoms with Crippen molar-refractivity contribution in [3.05, 3.63) is 33.6 Å². The molecular formula is C12H10Br2N6. The molecule has 2 heterocycles. The summed E-state index contributed by atoms with van der Waals surface area (Å²) in [6.45, 7) is 0. The number of fused-ring (bicyclic) bond motifs is 1. The lowest BCUT2D eigenvalue weighted by molar-refractivity contribution is 0.785. The molecule has 0 aliphatic rings. The highest BCUT2D eigenvalue weighted by molar-refractivity contribution is 9.11. The Hall–Kier alpha value is -1.67. The molecule has 2 aromatic heterocycles. The van der Waals surface area contributed by atoms with E-state index < -0.39 is 0 Å². The Labute approximate surface area is 131 Å². The molecule has 0 aliphatic carbocycles. The third-order valence-electron chi connectivity index (χ3n) is 2.87. The van der Waals surface area contributed by atoms with Gasteiger partial charge in [0.25, 0.3) is 0 Å². The minimum Gasteiger partial charge on any atom is -0.397 e. The van der Waals surface area contributed by atoms with E-state index in [0.717, 1.165) is 25.7 Å². The van der Waals surface area contributed by atoms with E-state index in [-0.39, 0.29) is 0 Å². The molecule has 0 bridgehead atoms. The van der Waals surface area contributed by atoms with E-state index in [2.05, 4.69) is 52.2 Å². The van der Waals surface area contributed by atoms with Crippen LogP contribution in [0.4, 0.5) is 17.2 Å². The summed E-state index contributed by atoms with van der Waals surface area (Å²) < 4.78 is 3.33. The lowest BCUT2D eigenvalue weighted by Gasteiger charge is -2.09. The summed E-state index contributed by atoms with van der Waals surface area (Å²) in [7, 11) is 1.84. The van der Waals surface area contributed by atoms with E-state index in [4.69, 9.17) is 5.73 Å². The molecule has 0 spiro atoms. The van der Waals surface area contributed by atoms with Crippen LogP contribution in [-0.2, 0) is 7.05 Å². The third kappa shape index (κ3) is 2.25. The Bertz CT molecular complexity index is 775. The van der Waals surface area contributed by atoms with Crippen molar-refractivity contribution in [1.82, 2.24) is 19.7 Å². The number of rotatable bonds is 2. The Morgan fingerprint density at radius 1 is 1.20 bits per heavy atom. The summed E-state index contributed by atoms with van der Waals surface area (Å²) in [5, 5.41) is 8.29. The van der Waals surface area contributed by atoms with Crippen molar-refractivity contribution in [3.8, 4) is 0 Å². The number of nitrogens with one attached hydrogen (secondary N) is 1. The Morgan fingerprint density at radius 2 is 1.90 bits per heavy atom. The predicted molar refractivity (Wildman–Crippen MR) is 85.8 cm³/mol. The van der Waals surface area contributed by atoms with Gasteiger partial charge in [-0.15, -0.1) is 0 Å². The maximum Gasteiger partial charge on any atom is 0.163 e. The highest BCUT2D eigenvalue weighted by Crippen LogP contribution is 2.33. The third-order valence-corrected chi connectivity index (χ3v) is 4.18. The summed E-state index contributed by atoms with van der Waals surface area (Å²) >= 11 is 6.84. The molecule has 0 amide bonds. The van der Waals surface area contributed by atoms with Crippen LogP contribution in [0.2, 0.25) is 0 Å². The minimum absolute atomic E-state index is 0.657. The molecule has 20 heavy (non-hydrogen) atoms. The Kier molecular flexibility index (Phi) is 3.35. The molecule has 3 N–H and O–H groups in total. The molecule has 0 aliphatic heterocycles. The molecule has 0 radical (unpaired) electrons. The SMILES string of the molecule is Cn1ncc2c(Nc3cc(Br)c(N)c(Br)c3)ncnc21. The second-order valence-corrected chi connectivity index (χ2v) is 5.91. The van der Waals surface area contributed by atoms with Crippen LogP contribution in [0.5, 0.6) is 0 Å². The second kappa shape index (κ2) is 5.02. The van der Waals surface area contributed by atoms with Gasteiger partial charge in [0.1, 0.15) is 12.1 Å². The monoisotopic (exact) mass is 396 g/mol. The van der Waals surface area contributed by atoms with E-state index in [1.165, 1.54) is 6.33 Å². The largest absolute Gasteiger partial charge is 0.397 e. The first-order valence-electron chi connectivity index (χ1n) is 5.70. The number of nitrogens with zero attached hydrogens (tertiary/aromatic N) is 4. The number of halogens is 2. The number of nitrogens with two attached hydrogens (primary N) is 1. The number of anilines is 3. The van der Waals surface area contributed by atoms with Gasteiger partial charge < -0.3 is 11.1 Å². The molecule has 1 aromatic carbocycles. The van der Waals surface area contributed by atoms with Crippen molar-refractivity contribution < 1.29 is 0 Å². The molecule has 3 rings (SSSR count). The van der Waals surface area contributed by atoms with Crippen LogP contribution in [0.3, 0.4) is 0 Å². The highest BCUT2D eigenvalue weighted by Gasteiger charge is 2.09. The van der Waals surface area contributed by atoms with Gasteiger partial charge in [0.05, 0.1) is 17.3 Å². The van der Waals surface area contributed by atoms with Crippen LogP contribution in [0.25, 0.3) is 11.0 Å². The van der Waals surface area contributed by atoms with Gasteiger partial charge in [-0.05, 0) is 44.0 Å². The van der Waals surface area contributed by atoms with E-state index >= 15 is 0 Å². The highest BCUT2D eigenvalue weighted by atomic mass is 79.9. The Balaban J connectivity index is 2.05. The van der Waals surface area contributed by atoms with E-state index in [9.17, 15) is 0 Å². The summed E-state index contributed by atoms with van der Waals surface area (Å²) in [5.74, 6) is 0.701. The quantitative estimate of drug-likeness (QED) is 0.649. The molecule has 6 nitrogen and oxygen atoms in total. The first kappa shape index (κ1) is 13.3. The van der Waals surface area contributed by atoms with Gasteiger partial charge in [0, 0.05) is 21.7 Å². The normalized spacial score (nSPS) is 10.9. The summed E-state index contributed by atoms with van der Waals surface area (Å²) in [6, 6.07) is 3.79. The number of nitrogen functional groups attached to an aromatic ring is 1. The maximum absolute atomic E-state index is 5.88. The zero-order chi connectivity index (χ0) is 14.3.